The number of hydrogen-bond acceptors (Lipinski definition) is 7. The number of thioether (sulfide) groups is 1. The second-order valence-corrected chi connectivity index (χ2v) is 6.95. The number of nitrogens with zero attached hydrogens (tertiary/aromatic N) is 1. The number of hydrogen-bond donors (Lipinski definition) is 3. The molecule has 1 aliphatic heterocycles. The van der Waals surface area contributed by atoms with E-state index < -0.39 is 30.3 Å². The van der Waals surface area contributed by atoms with Gasteiger partial charge in [0.1, 0.15) is 10.4 Å². The predicted octanol–water partition coefficient (Wildman–Crippen LogP) is 1.92. The Kier molecular flexibility index (Phi) is 6.22. The molecule has 26 heavy (non-hydrogen) atoms. The van der Waals surface area contributed by atoms with Gasteiger partial charge in [0.05, 0.1) is 12.0 Å². The third-order valence-electron chi connectivity index (χ3n) is 3.55. The molecule has 0 saturated carbocycles. The second-order valence-electron chi connectivity index (χ2n) is 5.27. The van der Waals surface area contributed by atoms with E-state index in [1.54, 1.807) is 6.07 Å². The Balaban J connectivity index is 2.29. The zero-order valence-electron chi connectivity index (χ0n) is 13.5. The number of carbonyl (C=O) groups excluding carboxylic acids is 1. The summed E-state index contributed by atoms with van der Waals surface area (Å²) in [6.45, 7) is 0. The van der Waals surface area contributed by atoms with Crippen LogP contribution in [0.1, 0.15) is 18.4 Å². The minimum Gasteiger partial charge on any atom is -0.504 e. The van der Waals surface area contributed by atoms with E-state index in [-0.39, 0.29) is 27.1 Å². The summed E-state index contributed by atoms with van der Waals surface area (Å²) in [6.07, 6.45) is 0.844. The minimum atomic E-state index is -1.35. The minimum absolute atomic E-state index is 0.0461. The lowest BCUT2D eigenvalue weighted by molar-refractivity contribution is -0.146. The number of phenolic OH excluding ortho intramolecular Hbond substituents is 1. The Bertz CT molecular complexity index is 806. The maximum Gasteiger partial charge on any atom is 0.326 e. The highest BCUT2D eigenvalue weighted by Crippen LogP contribution is 2.36. The first-order chi connectivity index (χ1) is 12.2. The number of aliphatic carboxylic acids is 2. The van der Waals surface area contributed by atoms with Crippen LogP contribution >= 0.6 is 24.0 Å². The molecule has 1 atom stereocenters. The summed E-state index contributed by atoms with van der Waals surface area (Å²) in [4.78, 5) is 35.9. The van der Waals surface area contributed by atoms with Crippen molar-refractivity contribution < 1.29 is 34.4 Å². The van der Waals surface area contributed by atoms with Crippen LogP contribution in [-0.2, 0) is 14.4 Å². The molecular formula is C16H15NO7S2. The molecular weight excluding hydrogens is 382 g/mol. The monoisotopic (exact) mass is 397 g/mol. The molecule has 10 heteroatoms. The van der Waals surface area contributed by atoms with Crippen LogP contribution in [0.2, 0.25) is 0 Å². The van der Waals surface area contributed by atoms with Crippen molar-refractivity contribution in [2.45, 2.75) is 18.9 Å². The number of thiocarbonyl (C=S) groups is 1. The summed E-state index contributed by atoms with van der Waals surface area (Å²) < 4.78 is 5.05. The molecule has 1 aromatic carbocycles. The molecule has 0 aliphatic carbocycles. The summed E-state index contributed by atoms with van der Waals surface area (Å²) in [6, 6.07) is 3.13. The summed E-state index contributed by atoms with van der Waals surface area (Å²) in [5, 5.41) is 27.7. The highest BCUT2D eigenvalue weighted by molar-refractivity contribution is 8.26. The average molecular weight is 397 g/mol. The van der Waals surface area contributed by atoms with Gasteiger partial charge in [-0.05, 0) is 30.2 Å². The van der Waals surface area contributed by atoms with E-state index in [2.05, 4.69) is 0 Å². The second kappa shape index (κ2) is 8.19. The van der Waals surface area contributed by atoms with Crippen molar-refractivity contribution in [3.05, 3.63) is 28.7 Å². The number of benzene rings is 1. The number of carboxylic acid groups (broad SMARTS) is 2. The summed E-state index contributed by atoms with van der Waals surface area (Å²) >= 11 is 6.04. The van der Waals surface area contributed by atoms with Crippen molar-refractivity contribution >= 4 is 52.2 Å². The molecule has 1 amide bonds. The van der Waals surface area contributed by atoms with Gasteiger partial charge in [0.2, 0.25) is 0 Å². The van der Waals surface area contributed by atoms with Gasteiger partial charge in [-0.2, -0.15) is 0 Å². The van der Waals surface area contributed by atoms with Gasteiger partial charge in [-0.3, -0.25) is 14.5 Å². The van der Waals surface area contributed by atoms with Gasteiger partial charge in [0.15, 0.2) is 11.5 Å². The molecule has 1 aromatic rings. The van der Waals surface area contributed by atoms with Gasteiger partial charge < -0.3 is 20.1 Å². The van der Waals surface area contributed by atoms with Gasteiger partial charge in [-0.15, -0.1) is 0 Å². The van der Waals surface area contributed by atoms with Crippen LogP contribution in [0.5, 0.6) is 11.5 Å². The molecule has 0 aromatic heterocycles. The number of carboxylic acids is 2. The number of rotatable bonds is 7. The lowest BCUT2D eigenvalue weighted by Crippen LogP contribution is -2.44. The summed E-state index contributed by atoms with van der Waals surface area (Å²) in [5.41, 5.74) is 0.553. The van der Waals surface area contributed by atoms with E-state index in [0.717, 1.165) is 16.7 Å². The van der Waals surface area contributed by atoms with Crippen molar-refractivity contribution in [2.24, 2.45) is 0 Å². The fourth-order valence-electron chi connectivity index (χ4n) is 2.31. The van der Waals surface area contributed by atoms with Crippen molar-refractivity contribution in [3.63, 3.8) is 0 Å². The fraction of sp³-hybridized carbons (Fsp3) is 0.250. The normalized spacial score (nSPS) is 16.8. The smallest absolute Gasteiger partial charge is 0.326 e. The van der Waals surface area contributed by atoms with Crippen molar-refractivity contribution in [1.29, 1.82) is 0 Å². The largest absolute Gasteiger partial charge is 0.504 e. The first kappa shape index (κ1) is 19.7. The maximum absolute atomic E-state index is 12.6. The summed E-state index contributed by atoms with van der Waals surface area (Å²) in [7, 11) is 1.39. The zero-order valence-corrected chi connectivity index (χ0v) is 15.2. The van der Waals surface area contributed by atoms with E-state index in [4.69, 9.17) is 22.1 Å². The highest BCUT2D eigenvalue weighted by atomic mass is 32.2. The molecule has 8 nitrogen and oxygen atoms in total. The Labute approximate surface area is 158 Å². The number of carbonyl (C=O) groups is 3. The first-order valence-electron chi connectivity index (χ1n) is 7.33. The molecule has 0 unspecified atom stereocenters. The van der Waals surface area contributed by atoms with E-state index >= 15 is 0 Å². The molecule has 3 N–H and O–H groups in total. The Morgan fingerprint density at radius 3 is 2.65 bits per heavy atom. The number of aromatic hydroxyl groups is 1. The molecule has 0 radical (unpaired) electrons. The predicted molar refractivity (Wildman–Crippen MR) is 98.0 cm³/mol. The molecule has 1 aliphatic rings. The average Bonchev–Trinajstić information content (AvgIpc) is 2.84. The van der Waals surface area contributed by atoms with E-state index in [9.17, 15) is 24.6 Å². The Morgan fingerprint density at radius 1 is 1.38 bits per heavy atom. The van der Waals surface area contributed by atoms with Crippen LogP contribution in [0.4, 0.5) is 0 Å². The van der Waals surface area contributed by atoms with Crippen LogP contribution in [-0.4, -0.2) is 55.5 Å². The molecule has 138 valence electrons. The highest BCUT2D eigenvalue weighted by Gasteiger charge is 2.40. The Hall–Kier alpha value is -2.59. The number of phenols is 1. The SMILES string of the molecule is COc1cc(/C=C2/SC(=S)N([C@@H](CCC(=O)O)C(=O)O)C2=O)ccc1O. The van der Waals surface area contributed by atoms with Gasteiger partial charge in [0.25, 0.3) is 5.91 Å². The quantitative estimate of drug-likeness (QED) is 0.467. The topological polar surface area (TPSA) is 124 Å². The van der Waals surface area contributed by atoms with Gasteiger partial charge in [0, 0.05) is 6.42 Å². The molecule has 1 fully saturated rings. The first-order valence-corrected chi connectivity index (χ1v) is 8.55. The van der Waals surface area contributed by atoms with E-state index in [1.165, 1.54) is 25.3 Å². The fourth-order valence-corrected chi connectivity index (χ4v) is 3.66. The third-order valence-corrected chi connectivity index (χ3v) is 4.88. The van der Waals surface area contributed by atoms with Crippen LogP contribution < -0.4 is 4.74 Å². The maximum atomic E-state index is 12.6. The van der Waals surface area contributed by atoms with Crippen molar-refractivity contribution in [1.82, 2.24) is 4.90 Å². The molecule has 1 heterocycles. The number of methoxy groups -OCH3 is 1. The molecule has 0 spiro atoms. The van der Waals surface area contributed by atoms with Crippen molar-refractivity contribution in [2.75, 3.05) is 7.11 Å². The third kappa shape index (κ3) is 4.33. The lowest BCUT2D eigenvalue weighted by Gasteiger charge is -2.22. The number of amides is 1. The standard InChI is InChI=1S/C16H15NO7S2/c1-24-11-6-8(2-4-10(11)18)7-12-14(21)17(16(25)26-12)9(15(22)23)3-5-13(19)20/h2,4,6-7,9,18H,3,5H2,1H3,(H,19,20)(H,22,23)/b12-7+/t9-/m0/s1. The molecule has 1 saturated heterocycles. The Morgan fingerprint density at radius 2 is 2.08 bits per heavy atom. The summed E-state index contributed by atoms with van der Waals surface area (Å²) in [5.74, 6) is -2.93. The number of ether oxygens (including phenoxy) is 1. The van der Waals surface area contributed by atoms with Gasteiger partial charge in [-0.25, -0.2) is 4.79 Å². The van der Waals surface area contributed by atoms with Crippen LogP contribution in [0.25, 0.3) is 6.08 Å². The van der Waals surface area contributed by atoms with Gasteiger partial charge in [-0.1, -0.05) is 30.0 Å². The van der Waals surface area contributed by atoms with Crippen LogP contribution in [0.3, 0.4) is 0 Å². The molecule has 2 rings (SSSR count). The van der Waals surface area contributed by atoms with E-state index in [0.29, 0.717) is 5.56 Å². The molecule has 0 bridgehead atoms. The van der Waals surface area contributed by atoms with Crippen LogP contribution in [0, 0.1) is 0 Å². The van der Waals surface area contributed by atoms with Gasteiger partial charge >= 0.3 is 11.9 Å². The lowest BCUT2D eigenvalue weighted by atomic mass is 10.1. The van der Waals surface area contributed by atoms with Crippen LogP contribution in [0.15, 0.2) is 23.1 Å². The van der Waals surface area contributed by atoms with Crippen molar-refractivity contribution in [3.8, 4) is 11.5 Å². The van der Waals surface area contributed by atoms with E-state index in [1.807, 2.05) is 0 Å². The zero-order chi connectivity index (χ0) is 19.4.